The fourth-order valence-electron chi connectivity index (χ4n) is 2.21. The molecule has 0 aliphatic carbocycles. The highest BCUT2D eigenvalue weighted by Gasteiger charge is 2.08. The lowest BCUT2D eigenvalue weighted by molar-refractivity contribution is -0.111. The van der Waals surface area contributed by atoms with Crippen LogP contribution >= 0.6 is 15.9 Å². The van der Waals surface area contributed by atoms with Gasteiger partial charge in [-0.2, -0.15) is 0 Å². The predicted molar refractivity (Wildman–Crippen MR) is 100 cm³/mol. The number of nitrogens with two attached hydrogens (primary N) is 1. The van der Waals surface area contributed by atoms with Gasteiger partial charge in [0.1, 0.15) is 17.3 Å². The predicted octanol–water partition coefficient (Wildman–Crippen LogP) is 5.08. The van der Waals surface area contributed by atoms with E-state index < -0.39 is 0 Å². The Bertz CT molecular complexity index is 950. The monoisotopic (exact) mass is 400 g/mol. The van der Waals surface area contributed by atoms with Gasteiger partial charge >= 0.3 is 0 Å². The summed E-state index contributed by atoms with van der Waals surface area (Å²) in [5, 5.41) is 2.73. The number of furan rings is 1. The standard InChI is InChI=1S/C19H14BrFN2O2/c20-15-11-12(22)5-8-17(15)23-19(24)10-7-13-6-9-18(25-13)14-3-1-2-4-16(14)21/h1-11H,22H2,(H,23,24)/b10-7+. The van der Waals surface area contributed by atoms with Gasteiger partial charge in [0.25, 0.3) is 0 Å². The number of nitrogen functional groups attached to an aromatic ring is 1. The van der Waals surface area contributed by atoms with Crippen molar-refractivity contribution in [1.29, 1.82) is 0 Å². The maximum atomic E-state index is 13.8. The van der Waals surface area contributed by atoms with Crippen molar-refractivity contribution in [3.05, 3.63) is 76.7 Å². The molecule has 1 aromatic heterocycles. The van der Waals surface area contributed by atoms with Gasteiger partial charge in [-0.25, -0.2) is 4.39 Å². The van der Waals surface area contributed by atoms with Crippen LogP contribution in [0.1, 0.15) is 5.76 Å². The molecule has 6 heteroatoms. The van der Waals surface area contributed by atoms with E-state index in [1.54, 1.807) is 48.5 Å². The molecule has 4 nitrogen and oxygen atoms in total. The van der Waals surface area contributed by atoms with E-state index in [9.17, 15) is 9.18 Å². The molecule has 3 rings (SSSR count). The van der Waals surface area contributed by atoms with E-state index in [2.05, 4.69) is 21.2 Å². The average molecular weight is 401 g/mol. The Kier molecular flexibility index (Phi) is 5.00. The zero-order chi connectivity index (χ0) is 17.8. The van der Waals surface area contributed by atoms with Gasteiger partial charge in [-0.3, -0.25) is 4.79 Å². The summed E-state index contributed by atoms with van der Waals surface area (Å²) < 4.78 is 20.0. The summed E-state index contributed by atoms with van der Waals surface area (Å²) in [5.74, 6) is 0.164. The van der Waals surface area contributed by atoms with Crippen LogP contribution in [0.25, 0.3) is 17.4 Å². The molecular weight excluding hydrogens is 387 g/mol. The number of hydrogen-bond donors (Lipinski definition) is 2. The van der Waals surface area contributed by atoms with Crippen molar-refractivity contribution in [2.24, 2.45) is 0 Å². The van der Waals surface area contributed by atoms with E-state index in [-0.39, 0.29) is 11.7 Å². The minimum atomic E-state index is -0.363. The van der Waals surface area contributed by atoms with Gasteiger partial charge in [0, 0.05) is 16.2 Å². The molecule has 0 radical (unpaired) electrons. The topological polar surface area (TPSA) is 68.3 Å². The van der Waals surface area contributed by atoms with Gasteiger partial charge in [0.15, 0.2) is 0 Å². The van der Waals surface area contributed by atoms with Crippen LogP contribution in [-0.2, 0) is 4.79 Å². The molecule has 0 bridgehead atoms. The Labute approximate surface area is 152 Å². The first-order chi connectivity index (χ1) is 12.0. The summed E-state index contributed by atoms with van der Waals surface area (Å²) in [6, 6.07) is 14.8. The van der Waals surface area contributed by atoms with Crippen LogP contribution in [0.5, 0.6) is 0 Å². The Morgan fingerprint density at radius 2 is 1.96 bits per heavy atom. The Balaban J connectivity index is 1.70. The van der Waals surface area contributed by atoms with Gasteiger partial charge in [0.2, 0.25) is 5.91 Å². The number of carbonyl (C=O) groups excluding carboxylic acids is 1. The summed E-state index contributed by atoms with van der Waals surface area (Å²) in [7, 11) is 0. The molecule has 3 aromatic rings. The highest BCUT2D eigenvalue weighted by atomic mass is 79.9. The molecule has 0 saturated carbocycles. The first-order valence-electron chi connectivity index (χ1n) is 7.42. The molecule has 3 N–H and O–H groups in total. The summed E-state index contributed by atoms with van der Waals surface area (Å²) in [4.78, 5) is 12.0. The first-order valence-corrected chi connectivity index (χ1v) is 8.21. The largest absolute Gasteiger partial charge is 0.457 e. The number of carbonyl (C=O) groups is 1. The number of hydrogen-bond acceptors (Lipinski definition) is 3. The first kappa shape index (κ1) is 17.0. The van der Waals surface area contributed by atoms with E-state index in [1.165, 1.54) is 18.2 Å². The fourth-order valence-corrected chi connectivity index (χ4v) is 2.71. The van der Waals surface area contributed by atoms with Crippen molar-refractivity contribution in [2.75, 3.05) is 11.1 Å². The van der Waals surface area contributed by atoms with Crippen molar-refractivity contribution in [1.82, 2.24) is 0 Å². The van der Waals surface area contributed by atoms with E-state index in [0.717, 1.165) is 0 Å². The molecule has 126 valence electrons. The fraction of sp³-hybridized carbons (Fsp3) is 0. The van der Waals surface area contributed by atoms with E-state index in [1.807, 2.05) is 0 Å². The van der Waals surface area contributed by atoms with E-state index in [0.29, 0.717) is 32.9 Å². The molecule has 1 heterocycles. The number of benzene rings is 2. The van der Waals surface area contributed by atoms with E-state index >= 15 is 0 Å². The SMILES string of the molecule is Nc1ccc(NC(=O)/C=C/c2ccc(-c3ccccc3F)o2)c(Br)c1. The van der Waals surface area contributed by atoms with E-state index in [4.69, 9.17) is 10.2 Å². The smallest absolute Gasteiger partial charge is 0.248 e. The van der Waals surface area contributed by atoms with Crippen LogP contribution in [0.3, 0.4) is 0 Å². The average Bonchev–Trinajstić information content (AvgIpc) is 3.05. The van der Waals surface area contributed by atoms with Gasteiger partial charge < -0.3 is 15.5 Å². The highest BCUT2D eigenvalue weighted by molar-refractivity contribution is 9.10. The molecule has 0 unspecified atom stereocenters. The van der Waals surface area contributed by atoms with Crippen molar-refractivity contribution < 1.29 is 13.6 Å². The maximum Gasteiger partial charge on any atom is 0.248 e. The molecular formula is C19H14BrFN2O2. The minimum absolute atomic E-state index is 0.325. The van der Waals surface area contributed by atoms with Gasteiger partial charge in [-0.1, -0.05) is 12.1 Å². The zero-order valence-corrected chi connectivity index (χ0v) is 14.6. The molecule has 0 aliphatic rings. The van der Waals surface area contributed by atoms with Gasteiger partial charge in [0.05, 0.1) is 11.3 Å². The zero-order valence-electron chi connectivity index (χ0n) is 13.0. The molecule has 0 saturated heterocycles. The minimum Gasteiger partial charge on any atom is -0.457 e. The lowest BCUT2D eigenvalue weighted by Gasteiger charge is -2.05. The van der Waals surface area contributed by atoms with Crippen molar-refractivity contribution >= 4 is 39.3 Å². The summed E-state index contributed by atoms with van der Waals surface area (Å²) in [5.41, 5.74) is 7.23. The lowest BCUT2D eigenvalue weighted by atomic mass is 10.1. The Morgan fingerprint density at radius 3 is 2.72 bits per heavy atom. The van der Waals surface area contributed by atoms with Crippen LogP contribution in [-0.4, -0.2) is 5.91 Å². The molecule has 0 atom stereocenters. The van der Waals surface area contributed by atoms with Crippen molar-refractivity contribution in [3.63, 3.8) is 0 Å². The molecule has 0 aliphatic heterocycles. The summed E-state index contributed by atoms with van der Waals surface area (Å²) in [6.45, 7) is 0. The number of nitrogens with one attached hydrogen (secondary N) is 1. The Hall–Kier alpha value is -2.86. The maximum absolute atomic E-state index is 13.8. The molecule has 0 fully saturated rings. The van der Waals surface area contributed by atoms with Crippen LogP contribution < -0.4 is 11.1 Å². The third-order valence-electron chi connectivity index (χ3n) is 3.42. The second-order valence-corrected chi connectivity index (χ2v) is 6.10. The number of halogens is 2. The van der Waals surface area contributed by atoms with Crippen LogP contribution in [0, 0.1) is 5.82 Å². The normalized spacial score (nSPS) is 11.0. The lowest BCUT2D eigenvalue weighted by Crippen LogP contribution is -2.08. The third kappa shape index (κ3) is 4.16. The molecule has 2 aromatic carbocycles. The molecule has 0 spiro atoms. The Morgan fingerprint density at radius 1 is 1.16 bits per heavy atom. The van der Waals surface area contributed by atoms with Crippen LogP contribution in [0.2, 0.25) is 0 Å². The van der Waals surface area contributed by atoms with Crippen LogP contribution in [0.15, 0.2) is 69.6 Å². The second-order valence-electron chi connectivity index (χ2n) is 5.24. The summed E-state index contributed by atoms with van der Waals surface area (Å²) in [6.07, 6.45) is 2.86. The second kappa shape index (κ2) is 7.36. The van der Waals surface area contributed by atoms with Gasteiger partial charge in [-0.15, -0.1) is 0 Å². The van der Waals surface area contributed by atoms with Gasteiger partial charge in [-0.05, 0) is 64.5 Å². The molecule has 25 heavy (non-hydrogen) atoms. The highest BCUT2D eigenvalue weighted by Crippen LogP contribution is 2.26. The van der Waals surface area contributed by atoms with Crippen molar-refractivity contribution in [2.45, 2.75) is 0 Å². The van der Waals surface area contributed by atoms with Crippen molar-refractivity contribution in [3.8, 4) is 11.3 Å². The quantitative estimate of drug-likeness (QED) is 0.473. The number of anilines is 2. The van der Waals surface area contributed by atoms with Crippen LogP contribution in [0.4, 0.5) is 15.8 Å². The summed E-state index contributed by atoms with van der Waals surface area (Å²) >= 11 is 3.33. The number of amides is 1. The number of rotatable bonds is 4. The molecule has 1 amide bonds. The third-order valence-corrected chi connectivity index (χ3v) is 4.07.